The van der Waals surface area contributed by atoms with Gasteiger partial charge in [-0.25, -0.2) is 4.39 Å². The second-order valence-electron chi connectivity index (χ2n) is 5.77. The maximum atomic E-state index is 12.9. The number of aryl methyl sites for hydroxylation is 1. The first-order valence-electron chi connectivity index (χ1n) is 7.75. The molecule has 132 valence electrons. The van der Waals surface area contributed by atoms with E-state index in [1.165, 1.54) is 36.5 Å². The van der Waals surface area contributed by atoms with Crippen LogP contribution in [0.5, 0.6) is 0 Å². The fourth-order valence-electron chi connectivity index (χ4n) is 2.44. The third kappa shape index (κ3) is 3.92. The number of nitrogens with zero attached hydrogens (tertiary/aromatic N) is 3. The summed E-state index contributed by atoms with van der Waals surface area (Å²) in [4.78, 5) is 22.8. The lowest BCUT2D eigenvalue weighted by Gasteiger charge is -2.04. The molecule has 0 spiro atoms. The summed E-state index contributed by atoms with van der Waals surface area (Å²) in [5.41, 5.74) is 1.89. The zero-order chi connectivity index (χ0) is 18.7. The topological polar surface area (TPSA) is 90.1 Å². The minimum absolute atomic E-state index is 0.107. The van der Waals surface area contributed by atoms with E-state index in [-0.39, 0.29) is 17.1 Å². The minimum Gasteiger partial charge on any atom is -0.319 e. The summed E-state index contributed by atoms with van der Waals surface area (Å²) in [5.74, 6) is -0.774. The van der Waals surface area contributed by atoms with Gasteiger partial charge in [0.1, 0.15) is 5.82 Å². The number of carbonyl (C=O) groups is 1. The number of rotatable bonds is 5. The Morgan fingerprint density at radius 3 is 2.69 bits per heavy atom. The molecule has 0 atom stereocenters. The van der Waals surface area contributed by atoms with Crippen LogP contribution in [0, 0.1) is 22.9 Å². The zero-order valence-electron chi connectivity index (χ0n) is 13.8. The van der Waals surface area contributed by atoms with Crippen molar-refractivity contribution in [1.29, 1.82) is 0 Å². The molecule has 0 bridgehead atoms. The average molecular weight is 354 g/mol. The number of hydrogen-bond acceptors (Lipinski definition) is 4. The first-order chi connectivity index (χ1) is 12.4. The average Bonchev–Trinajstić information content (AvgIpc) is 3.04. The van der Waals surface area contributed by atoms with Crippen LogP contribution in [0.4, 0.5) is 15.8 Å². The number of aromatic nitrogens is 2. The Morgan fingerprint density at radius 2 is 2.00 bits per heavy atom. The molecule has 1 heterocycles. The molecule has 2 aromatic carbocycles. The van der Waals surface area contributed by atoms with Gasteiger partial charge in [-0.05, 0) is 30.7 Å². The van der Waals surface area contributed by atoms with Crippen LogP contribution in [0.3, 0.4) is 0 Å². The highest BCUT2D eigenvalue weighted by Gasteiger charge is 2.15. The lowest BCUT2D eigenvalue weighted by molar-refractivity contribution is -0.385. The van der Waals surface area contributed by atoms with Crippen molar-refractivity contribution in [2.45, 2.75) is 13.5 Å². The molecule has 0 saturated carbocycles. The molecule has 0 saturated heterocycles. The van der Waals surface area contributed by atoms with Crippen molar-refractivity contribution >= 4 is 17.3 Å². The van der Waals surface area contributed by atoms with Gasteiger partial charge in [-0.2, -0.15) is 5.10 Å². The van der Waals surface area contributed by atoms with E-state index in [0.29, 0.717) is 17.8 Å². The number of anilines is 1. The standard InChI is InChI=1S/C18H15FN4O3/c1-12-2-5-14(8-17(12)23(25)26)18(24)21-16-9-20-22(11-16)10-13-3-6-15(19)7-4-13/h2-9,11H,10H2,1H3,(H,21,24). The highest BCUT2D eigenvalue weighted by atomic mass is 19.1. The van der Waals surface area contributed by atoms with E-state index in [2.05, 4.69) is 10.4 Å². The monoisotopic (exact) mass is 354 g/mol. The molecule has 0 unspecified atom stereocenters. The molecule has 0 radical (unpaired) electrons. The minimum atomic E-state index is -0.521. The van der Waals surface area contributed by atoms with Crippen molar-refractivity contribution in [3.8, 4) is 0 Å². The summed E-state index contributed by atoms with van der Waals surface area (Å²) in [5, 5.41) is 17.8. The third-order valence-electron chi connectivity index (χ3n) is 3.82. The first-order valence-corrected chi connectivity index (χ1v) is 7.75. The lowest BCUT2D eigenvalue weighted by atomic mass is 10.1. The highest BCUT2D eigenvalue weighted by molar-refractivity contribution is 6.04. The summed E-state index contributed by atoms with van der Waals surface area (Å²) < 4.78 is 14.5. The van der Waals surface area contributed by atoms with Crippen LogP contribution in [0.25, 0.3) is 0 Å². The molecular formula is C18H15FN4O3. The van der Waals surface area contributed by atoms with Gasteiger partial charge in [0.25, 0.3) is 11.6 Å². The largest absolute Gasteiger partial charge is 0.319 e. The van der Waals surface area contributed by atoms with Gasteiger partial charge in [-0.15, -0.1) is 0 Å². The van der Waals surface area contributed by atoms with Crippen molar-refractivity contribution in [3.05, 3.63) is 87.5 Å². The van der Waals surface area contributed by atoms with Crippen molar-refractivity contribution in [1.82, 2.24) is 9.78 Å². The number of nitro benzene ring substituents is 1. The van der Waals surface area contributed by atoms with Gasteiger partial charge >= 0.3 is 0 Å². The maximum absolute atomic E-state index is 12.9. The van der Waals surface area contributed by atoms with Crippen molar-refractivity contribution in [3.63, 3.8) is 0 Å². The quantitative estimate of drug-likeness (QED) is 0.560. The van der Waals surface area contributed by atoms with Gasteiger partial charge in [-0.3, -0.25) is 19.6 Å². The van der Waals surface area contributed by atoms with Crippen molar-refractivity contribution < 1.29 is 14.1 Å². The van der Waals surface area contributed by atoms with Gasteiger partial charge in [0.05, 0.1) is 23.4 Å². The predicted octanol–water partition coefficient (Wildman–Crippen LogP) is 3.54. The summed E-state index contributed by atoms with van der Waals surface area (Å²) in [6, 6.07) is 10.3. The molecule has 26 heavy (non-hydrogen) atoms. The molecule has 0 aliphatic heterocycles. The molecule has 0 fully saturated rings. The number of nitro groups is 1. The predicted molar refractivity (Wildman–Crippen MR) is 93.5 cm³/mol. The zero-order valence-corrected chi connectivity index (χ0v) is 13.8. The van der Waals surface area contributed by atoms with Crippen LogP contribution in [0.1, 0.15) is 21.5 Å². The fourth-order valence-corrected chi connectivity index (χ4v) is 2.44. The second-order valence-corrected chi connectivity index (χ2v) is 5.77. The molecule has 0 aliphatic carbocycles. The van der Waals surface area contributed by atoms with Gasteiger partial charge in [0, 0.05) is 23.4 Å². The summed E-state index contributed by atoms with van der Waals surface area (Å²) in [6.45, 7) is 2.03. The lowest BCUT2D eigenvalue weighted by Crippen LogP contribution is -2.12. The molecule has 3 aromatic rings. The Hall–Kier alpha value is -3.55. The molecular weight excluding hydrogens is 339 g/mol. The van der Waals surface area contributed by atoms with Crippen LogP contribution in [0.2, 0.25) is 0 Å². The van der Waals surface area contributed by atoms with Crippen LogP contribution in [-0.2, 0) is 6.54 Å². The Labute approximate surface area is 148 Å². The molecule has 0 aliphatic rings. The number of hydrogen-bond donors (Lipinski definition) is 1. The van der Waals surface area contributed by atoms with Crippen molar-refractivity contribution in [2.24, 2.45) is 0 Å². The number of halogens is 1. The Balaban J connectivity index is 1.70. The molecule has 7 nitrogen and oxygen atoms in total. The summed E-state index contributed by atoms with van der Waals surface area (Å²) in [7, 11) is 0. The van der Waals surface area contributed by atoms with Gasteiger partial charge in [0.15, 0.2) is 0 Å². The Morgan fingerprint density at radius 1 is 1.27 bits per heavy atom. The van der Waals surface area contributed by atoms with Crippen LogP contribution >= 0.6 is 0 Å². The third-order valence-corrected chi connectivity index (χ3v) is 3.82. The number of benzene rings is 2. The Kier molecular flexibility index (Phi) is 4.74. The SMILES string of the molecule is Cc1ccc(C(=O)Nc2cnn(Cc3ccc(F)cc3)c2)cc1[N+](=O)[O-]. The van der Waals surface area contributed by atoms with Crippen LogP contribution in [-0.4, -0.2) is 20.6 Å². The van der Waals surface area contributed by atoms with E-state index in [0.717, 1.165) is 5.56 Å². The highest BCUT2D eigenvalue weighted by Crippen LogP contribution is 2.20. The van der Waals surface area contributed by atoms with E-state index < -0.39 is 10.8 Å². The summed E-state index contributed by atoms with van der Waals surface area (Å²) >= 11 is 0. The van der Waals surface area contributed by atoms with Gasteiger partial charge in [0.2, 0.25) is 0 Å². The summed E-state index contributed by atoms with van der Waals surface area (Å²) in [6.07, 6.45) is 3.11. The fraction of sp³-hybridized carbons (Fsp3) is 0.111. The van der Waals surface area contributed by atoms with Gasteiger partial charge in [-0.1, -0.05) is 18.2 Å². The van der Waals surface area contributed by atoms with Gasteiger partial charge < -0.3 is 5.32 Å². The maximum Gasteiger partial charge on any atom is 0.273 e. The molecule has 1 N–H and O–H groups in total. The normalized spacial score (nSPS) is 10.5. The van der Waals surface area contributed by atoms with Crippen molar-refractivity contribution in [2.75, 3.05) is 5.32 Å². The number of carbonyl (C=O) groups excluding carboxylic acids is 1. The smallest absolute Gasteiger partial charge is 0.273 e. The van der Waals surface area contributed by atoms with E-state index in [1.807, 2.05) is 0 Å². The Bertz CT molecular complexity index is 967. The van der Waals surface area contributed by atoms with Crippen LogP contribution < -0.4 is 5.32 Å². The van der Waals surface area contributed by atoms with E-state index in [4.69, 9.17) is 0 Å². The molecule has 3 rings (SSSR count). The first kappa shape index (κ1) is 17.3. The molecule has 1 aromatic heterocycles. The number of nitrogens with one attached hydrogen (secondary N) is 1. The van der Waals surface area contributed by atoms with E-state index in [9.17, 15) is 19.3 Å². The second kappa shape index (κ2) is 7.14. The molecule has 1 amide bonds. The van der Waals surface area contributed by atoms with E-state index in [1.54, 1.807) is 29.9 Å². The van der Waals surface area contributed by atoms with E-state index >= 15 is 0 Å². The molecule has 8 heteroatoms. The number of amides is 1. The van der Waals surface area contributed by atoms with Crippen LogP contribution in [0.15, 0.2) is 54.9 Å².